The zero-order valence-corrected chi connectivity index (χ0v) is 11.8. The average Bonchev–Trinajstić information content (AvgIpc) is 2.78. The molecule has 0 amide bonds. The molecule has 2 N–H and O–H groups in total. The summed E-state index contributed by atoms with van der Waals surface area (Å²) < 4.78 is 44.3. The molecular formula is C13H12FNO5S. The molecule has 112 valence electrons. The molecule has 6 nitrogen and oxygen atoms in total. The van der Waals surface area contributed by atoms with E-state index in [1.165, 1.54) is 25.1 Å². The Morgan fingerprint density at radius 1 is 1.38 bits per heavy atom. The van der Waals surface area contributed by atoms with Gasteiger partial charge in [0, 0.05) is 0 Å². The van der Waals surface area contributed by atoms with E-state index in [1.54, 1.807) is 0 Å². The minimum atomic E-state index is -3.90. The molecule has 0 saturated carbocycles. The van der Waals surface area contributed by atoms with E-state index in [2.05, 4.69) is 4.72 Å². The molecule has 2 rings (SSSR count). The number of sulfonamides is 1. The Balaban J connectivity index is 2.15. The highest BCUT2D eigenvalue weighted by atomic mass is 32.2. The van der Waals surface area contributed by atoms with Gasteiger partial charge in [0.2, 0.25) is 10.0 Å². The molecule has 0 saturated heterocycles. The number of carboxylic acids is 1. The van der Waals surface area contributed by atoms with Gasteiger partial charge < -0.3 is 9.52 Å². The standard InChI is InChI=1S/C13H12FNO5S/c1-8-12(13(16)17)6-10(20-8)7-15-21(18,19)11-4-2-3-9(14)5-11/h2-6,15H,7H2,1H3,(H,16,17). The molecule has 0 spiro atoms. The Morgan fingerprint density at radius 3 is 2.67 bits per heavy atom. The van der Waals surface area contributed by atoms with E-state index >= 15 is 0 Å². The van der Waals surface area contributed by atoms with Gasteiger partial charge >= 0.3 is 5.97 Å². The topological polar surface area (TPSA) is 96.6 Å². The van der Waals surface area contributed by atoms with Crippen molar-refractivity contribution >= 4 is 16.0 Å². The summed E-state index contributed by atoms with van der Waals surface area (Å²) >= 11 is 0. The normalized spacial score (nSPS) is 11.5. The Bertz CT molecular complexity index is 782. The molecule has 0 aliphatic carbocycles. The molecule has 1 heterocycles. The third kappa shape index (κ3) is 3.47. The zero-order chi connectivity index (χ0) is 15.6. The van der Waals surface area contributed by atoms with Crippen LogP contribution in [0.1, 0.15) is 21.9 Å². The highest BCUT2D eigenvalue weighted by Gasteiger charge is 2.18. The number of benzene rings is 1. The van der Waals surface area contributed by atoms with Crippen LogP contribution in [-0.2, 0) is 16.6 Å². The number of rotatable bonds is 5. The summed E-state index contributed by atoms with van der Waals surface area (Å²) in [6.07, 6.45) is 0. The van der Waals surface area contributed by atoms with Gasteiger partial charge in [0.15, 0.2) is 0 Å². The van der Waals surface area contributed by atoms with Gasteiger partial charge in [-0.05, 0) is 31.2 Å². The summed E-state index contributed by atoms with van der Waals surface area (Å²) in [4.78, 5) is 10.6. The third-order valence-corrected chi connectivity index (χ3v) is 4.14. The van der Waals surface area contributed by atoms with Gasteiger partial charge in [-0.2, -0.15) is 0 Å². The SMILES string of the molecule is Cc1oc(CNS(=O)(=O)c2cccc(F)c2)cc1C(=O)O. The first-order valence-electron chi connectivity index (χ1n) is 5.87. The van der Waals surface area contributed by atoms with Crippen molar-refractivity contribution in [1.29, 1.82) is 0 Å². The molecule has 0 radical (unpaired) electrons. The van der Waals surface area contributed by atoms with Gasteiger partial charge in [-0.1, -0.05) is 6.07 Å². The molecule has 2 aromatic rings. The first-order chi connectivity index (χ1) is 9.79. The molecule has 0 fully saturated rings. The lowest BCUT2D eigenvalue weighted by Crippen LogP contribution is -2.23. The summed E-state index contributed by atoms with van der Waals surface area (Å²) in [7, 11) is -3.90. The van der Waals surface area contributed by atoms with Crippen molar-refractivity contribution in [3.05, 3.63) is 53.2 Å². The maximum Gasteiger partial charge on any atom is 0.339 e. The number of hydrogen-bond donors (Lipinski definition) is 2. The Kier molecular flexibility index (Phi) is 4.10. The monoisotopic (exact) mass is 313 g/mol. The molecule has 0 aliphatic heterocycles. The van der Waals surface area contributed by atoms with Crippen molar-refractivity contribution < 1.29 is 27.1 Å². The number of nitrogens with one attached hydrogen (secondary N) is 1. The second-order valence-corrected chi connectivity index (χ2v) is 6.04. The number of halogens is 1. The molecule has 21 heavy (non-hydrogen) atoms. The van der Waals surface area contributed by atoms with Crippen LogP contribution in [0.25, 0.3) is 0 Å². The van der Waals surface area contributed by atoms with E-state index in [0.29, 0.717) is 0 Å². The van der Waals surface area contributed by atoms with Crippen molar-refractivity contribution in [2.75, 3.05) is 0 Å². The van der Waals surface area contributed by atoms with Crippen LogP contribution in [0, 0.1) is 12.7 Å². The van der Waals surface area contributed by atoms with Crippen LogP contribution < -0.4 is 4.72 Å². The van der Waals surface area contributed by atoms with Crippen LogP contribution in [0.2, 0.25) is 0 Å². The molecule has 0 aliphatic rings. The van der Waals surface area contributed by atoms with E-state index in [-0.39, 0.29) is 28.5 Å². The second-order valence-electron chi connectivity index (χ2n) is 4.27. The van der Waals surface area contributed by atoms with E-state index in [9.17, 15) is 17.6 Å². The van der Waals surface area contributed by atoms with E-state index in [4.69, 9.17) is 9.52 Å². The van der Waals surface area contributed by atoms with Crippen LogP contribution in [0.3, 0.4) is 0 Å². The smallest absolute Gasteiger partial charge is 0.339 e. The third-order valence-electron chi connectivity index (χ3n) is 2.74. The first kappa shape index (κ1) is 15.2. The second kappa shape index (κ2) is 5.66. The largest absolute Gasteiger partial charge is 0.478 e. The van der Waals surface area contributed by atoms with Crippen LogP contribution in [-0.4, -0.2) is 19.5 Å². The van der Waals surface area contributed by atoms with Crippen molar-refractivity contribution in [2.45, 2.75) is 18.4 Å². The Hall–Kier alpha value is -2.19. The maximum absolute atomic E-state index is 13.0. The average molecular weight is 313 g/mol. The summed E-state index contributed by atoms with van der Waals surface area (Å²) in [5, 5.41) is 8.88. The Labute approximate surface area is 120 Å². The van der Waals surface area contributed by atoms with Crippen molar-refractivity contribution in [2.24, 2.45) is 0 Å². The predicted molar refractivity (Wildman–Crippen MR) is 70.8 cm³/mol. The van der Waals surface area contributed by atoms with Crippen molar-refractivity contribution in [3.8, 4) is 0 Å². The van der Waals surface area contributed by atoms with Gasteiger partial charge in [-0.3, -0.25) is 0 Å². The summed E-state index contributed by atoms with van der Waals surface area (Å²) in [6, 6.07) is 5.79. The van der Waals surface area contributed by atoms with E-state index in [0.717, 1.165) is 12.1 Å². The van der Waals surface area contributed by atoms with Crippen LogP contribution >= 0.6 is 0 Å². The predicted octanol–water partition coefficient (Wildman–Crippen LogP) is 1.90. The maximum atomic E-state index is 13.0. The summed E-state index contributed by atoms with van der Waals surface area (Å²) in [5.41, 5.74) is -0.0325. The molecule has 8 heteroatoms. The first-order valence-corrected chi connectivity index (χ1v) is 7.36. The van der Waals surface area contributed by atoms with E-state index in [1.807, 2.05) is 0 Å². The number of furan rings is 1. The fraction of sp³-hybridized carbons (Fsp3) is 0.154. The van der Waals surface area contributed by atoms with Gasteiger partial charge in [0.1, 0.15) is 22.9 Å². The number of aryl methyl sites for hydroxylation is 1. The van der Waals surface area contributed by atoms with Crippen molar-refractivity contribution in [1.82, 2.24) is 4.72 Å². The molecular weight excluding hydrogens is 301 g/mol. The lowest BCUT2D eigenvalue weighted by atomic mass is 10.2. The lowest BCUT2D eigenvalue weighted by molar-refractivity contribution is 0.0695. The van der Waals surface area contributed by atoms with Gasteiger partial charge in [0.05, 0.1) is 11.4 Å². The fourth-order valence-electron chi connectivity index (χ4n) is 1.73. The fourth-order valence-corrected chi connectivity index (χ4v) is 2.75. The molecule has 1 aromatic heterocycles. The van der Waals surface area contributed by atoms with Crippen LogP contribution in [0.4, 0.5) is 4.39 Å². The van der Waals surface area contributed by atoms with Crippen molar-refractivity contribution in [3.63, 3.8) is 0 Å². The van der Waals surface area contributed by atoms with Gasteiger partial charge in [0.25, 0.3) is 0 Å². The quantitative estimate of drug-likeness (QED) is 0.879. The van der Waals surface area contributed by atoms with Crippen LogP contribution in [0.5, 0.6) is 0 Å². The minimum Gasteiger partial charge on any atom is -0.478 e. The Morgan fingerprint density at radius 2 is 2.10 bits per heavy atom. The highest BCUT2D eigenvalue weighted by molar-refractivity contribution is 7.89. The number of aromatic carboxylic acids is 1. The van der Waals surface area contributed by atoms with E-state index < -0.39 is 21.8 Å². The number of hydrogen-bond acceptors (Lipinski definition) is 4. The molecule has 1 aromatic carbocycles. The van der Waals surface area contributed by atoms with Gasteiger partial charge in [-0.25, -0.2) is 22.3 Å². The highest BCUT2D eigenvalue weighted by Crippen LogP contribution is 2.16. The minimum absolute atomic E-state index is 0.0325. The molecule has 0 bridgehead atoms. The molecule has 0 unspecified atom stereocenters. The zero-order valence-electron chi connectivity index (χ0n) is 11.0. The van der Waals surface area contributed by atoms with Gasteiger partial charge in [-0.15, -0.1) is 0 Å². The summed E-state index contributed by atoms with van der Waals surface area (Å²) in [5.74, 6) is -1.48. The number of carboxylic acid groups (broad SMARTS) is 1. The van der Waals surface area contributed by atoms with Crippen LogP contribution in [0.15, 0.2) is 39.6 Å². The summed E-state index contributed by atoms with van der Waals surface area (Å²) in [6.45, 7) is 1.24. The molecule has 0 atom stereocenters. The number of carbonyl (C=O) groups is 1. The lowest BCUT2D eigenvalue weighted by Gasteiger charge is -2.05.